The lowest BCUT2D eigenvalue weighted by Crippen LogP contribution is -2.11. The zero-order valence-electron chi connectivity index (χ0n) is 11.2. The average molecular weight is 278 g/mol. The minimum atomic E-state index is -0.624. The summed E-state index contributed by atoms with van der Waals surface area (Å²) in [6, 6.07) is 5.71. The number of rotatable bonds is 6. The number of ketones is 2. The van der Waals surface area contributed by atoms with Crippen LogP contribution in [0.4, 0.5) is 0 Å². The molecule has 0 heterocycles. The highest BCUT2D eigenvalue weighted by Gasteiger charge is 2.15. The Morgan fingerprint density at radius 2 is 1.05 bits per heavy atom. The molecule has 6 nitrogen and oxygen atoms in total. The first-order valence-corrected chi connectivity index (χ1v) is 5.78. The van der Waals surface area contributed by atoms with Gasteiger partial charge >= 0.3 is 11.9 Å². The lowest BCUT2D eigenvalue weighted by Gasteiger charge is -2.03. The quantitative estimate of drug-likeness (QED) is 0.441. The zero-order chi connectivity index (χ0) is 15.1. The summed E-state index contributed by atoms with van der Waals surface area (Å²) in [5, 5.41) is 0. The van der Waals surface area contributed by atoms with Crippen molar-refractivity contribution in [2.75, 3.05) is 14.2 Å². The van der Waals surface area contributed by atoms with E-state index in [0.717, 1.165) is 0 Å². The molecule has 0 unspecified atom stereocenters. The molecule has 0 radical (unpaired) electrons. The van der Waals surface area contributed by atoms with Crippen LogP contribution in [0.3, 0.4) is 0 Å². The van der Waals surface area contributed by atoms with Gasteiger partial charge in [0.25, 0.3) is 0 Å². The number of Topliss-reactive ketones (excluding diaryl/α,β-unsaturated/α-hetero) is 2. The van der Waals surface area contributed by atoms with Crippen molar-refractivity contribution in [3.05, 3.63) is 35.4 Å². The van der Waals surface area contributed by atoms with Crippen molar-refractivity contribution in [3.63, 3.8) is 0 Å². The predicted octanol–water partition coefficient (Wildman–Crippen LogP) is 1.18. The van der Waals surface area contributed by atoms with E-state index in [-0.39, 0.29) is 12.8 Å². The standard InChI is InChI=1S/C14H14O6/c1-19-13(17)7-11(15)9-3-5-10(6-4-9)12(16)8-14(18)20-2/h3-6H,7-8H2,1-2H3. The summed E-state index contributed by atoms with van der Waals surface area (Å²) in [6.45, 7) is 0. The van der Waals surface area contributed by atoms with Gasteiger partial charge in [0.2, 0.25) is 0 Å². The molecular formula is C14H14O6. The van der Waals surface area contributed by atoms with Crippen molar-refractivity contribution in [3.8, 4) is 0 Å². The molecule has 0 saturated heterocycles. The molecule has 106 valence electrons. The predicted molar refractivity (Wildman–Crippen MR) is 68.4 cm³/mol. The van der Waals surface area contributed by atoms with Crippen LogP contribution in [0.1, 0.15) is 33.6 Å². The molecule has 0 aliphatic rings. The van der Waals surface area contributed by atoms with Gasteiger partial charge in [-0.1, -0.05) is 24.3 Å². The highest BCUT2D eigenvalue weighted by Crippen LogP contribution is 2.10. The molecule has 0 N–H and O–H groups in total. The van der Waals surface area contributed by atoms with Crippen LogP contribution < -0.4 is 0 Å². The molecular weight excluding hydrogens is 264 g/mol. The van der Waals surface area contributed by atoms with Crippen molar-refractivity contribution in [1.82, 2.24) is 0 Å². The first kappa shape index (κ1) is 15.6. The summed E-state index contributed by atoms with van der Waals surface area (Å²) in [5.41, 5.74) is 0.593. The molecule has 6 heteroatoms. The average Bonchev–Trinajstić information content (AvgIpc) is 2.46. The van der Waals surface area contributed by atoms with Crippen molar-refractivity contribution in [1.29, 1.82) is 0 Å². The molecule has 0 amide bonds. The van der Waals surface area contributed by atoms with Gasteiger partial charge in [0.15, 0.2) is 11.6 Å². The summed E-state index contributed by atoms with van der Waals surface area (Å²) >= 11 is 0. The van der Waals surface area contributed by atoms with E-state index < -0.39 is 23.5 Å². The molecule has 0 bridgehead atoms. The molecule has 0 spiro atoms. The molecule has 1 aromatic carbocycles. The monoisotopic (exact) mass is 278 g/mol. The summed E-state index contributed by atoms with van der Waals surface area (Å²) in [6.07, 6.45) is -0.710. The van der Waals surface area contributed by atoms with E-state index in [0.29, 0.717) is 11.1 Å². The molecule has 1 aromatic rings. The van der Waals surface area contributed by atoms with Gasteiger partial charge < -0.3 is 9.47 Å². The molecule has 0 aliphatic heterocycles. The van der Waals surface area contributed by atoms with Crippen molar-refractivity contribution in [2.45, 2.75) is 12.8 Å². The van der Waals surface area contributed by atoms with Crippen LogP contribution in [0.5, 0.6) is 0 Å². The number of benzene rings is 1. The fourth-order valence-electron chi connectivity index (χ4n) is 1.45. The minimum Gasteiger partial charge on any atom is -0.469 e. The Hall–Kier alpha value is -2.50. The Morgan fingerprint density at radius 3 is 1.30 bits per heavy atom. The Morgan fingerprint density at radius 1 is 0.750 bits per heavy atom. The van der Waals surface area contributed by atoms with Gasteiger partial charge in [-0.2, -0.15) is 0 Å². The van der Waals surface area contributed by atoms with E-state index in [9.17, 15) is 19.2 Å². The minimum absolute atomic E-state index is 0.296. The molecule has 0 atom stereocenters. The third kappa shape index (κ3) is 4.31. The van der Waals surface area contributed by atoms with E-state index in [4.69, 9.17) is 0 Å². The van der Waals surface area contributed by atoms with Crippen LogP contribution in [-0.4, -0.2) is 37.7 Å². The van der Waals surface area contributed by atoms with Crippen LogP contribution >= 0.6 is 0 Å². The Bertz CT molecular complexity index is 480. The lowest BCUT2D eigenvalue weighted by molar-refractivity contribution is -0.140. The number of carbonyl (C=O) groups excluding carboxylic acids is 4. The van der Waals surface area contributed by atoms with Gasteiger partial charge in [0, 0.05) is 11.1 Å². The summed E-state index contributed by atoms with van der Waals surface area (Å²) in [4.78, 5) is 45.3. The number of esters is 2. The third-order valence-corrected chi connectivity index (χ3v) is 2.59. The van der Waals surface area contributed by atoms with Gasteiger partial charge in [-0.25, -0.2) is 0 Å². The number of ether oxygens (including phenoxy) is 2. The van der Waals surface area contributed by atoms with E-state index in [1.165, 1.54) is 38.5 Å². The second-order valence-electron chi connectivity index (χ2n) is 3.93. The van der Waals surface area contributed by atoms with Crippen LogP contribution in [-0.2, 0) is 19.1 Å². The number of hydrogen-bond acceptors (Lipinski definition) is 6. The summed E-state index contributed by atoms with van der Waals surface area (Å²) < 4.78 is 8.79. The number of carbonyl (C=O) groups is 4. The summed E-state index contributed by atoms with van der Waals surface area (Å²) in [7, 11) is 2.40. The number of methoxy groups -OCH3 is 2. The van der Waals surface area contributed by atoms with Crippen LogP contribution in [0.25, 0.3) is 0 Å². The maximum atomic E-state index is 11.7. The van der Waals surface area contributed by atoms with Gasteiger partial charge in [0.1, 0.15) is 12.8 Å². The summed E-state index contributed by atoms with van der Waals surface area (Å²) in [5.74, 6) is -2.05. The Balaban J connectivity index is 2.73. The topological polar surface area (TPSA) is 86.7 Å². The highest BCUT2D eigenvalue weighted by molar-refractivity contribution is 6.08. The van der Waals surface area contributed by atoms with Crippen molar-refractivity contribution < 1.29 is 28.7 Å². The first-order valence-electron chi connectivity index (χ1n) is 5.78. The van der Waals surface area contributed by atoms with Gasteiger partial charge in [0.05, 0.1) is 14.2 Å². The van der Waals surface area contributed by atoms with Crippen molar-refractivity contribution in [2.24, 2.45) is 0 Å². The van der Waals surface area contributed by atoms with Crippen LogP contribution in [0.2, 0.25) is 0 Å². The first-order chi connectivity index (χ1) is 9.47. The smallest absolute Gasteiger partial charge is 0.313 e. The van der Waals surface area contributed by atoms with E-state index >= 15 is 0 Å². The van der Waals surface area contributed by atoms with Gasteiger partial charge in [-0.05, 0) is 0 Å². The van der Waals surface area contributed by atoms with E-state index in [1.54, 1.807) is 0 Å². The fourth-order valence-corrected chi connectivity index (χ4v) is 1.45. The number of hydrogen-bond donors (Lipinski definition) is 0. The van der Waals surface area contributed by atoms with E-state index in [2.05, 4.69) is 9.47 Å². The molecule has 0 fully saturated rings. The molecule has 20 heavy (non-hydrogen) atoms. The molecule has 0 aromatic heterocycles. The van der Waals surface area contributed by atoms with Gasteiger partial charge in [-0.3, -0.25) is 19.2 Å². The maximum absolute atomic E-state index is 11.7. The van der Waals surface area contributed by atoms with Crippen molar-refractivity contribution >= 4 is 23.5 Å². The maximum Gasteiger partial charge on any atom is 0.313 e. The molecule has 0 saturated carbocycles. The largest absolute Gasteiger partial charge is 0.469 e. The second kappa shape index (κ2) is 7.18. The molecule has 0 aliphatic carbocycles. The Kier molecular flexibility index (Phi) is 5.58. The van der Waals surface area contributed by atoms with Crippen LogP contribution in [0.15, 0.2) is 24.3 Å². The lowest BCUT2D eigenvalue weighted by atomic mass is 10.0. The third-order valence-electron chi connectivity index (χ3n) is 2.59. The second-order valence-corrected chi connectivity index (χ2v) is 3.93. The van der Waals surface area contributed by atoms with E-state index in [1.807, 2.05) is 0 Å². The zero-order valence-corrected chi connectivity index (χ0v) is 11.2. The highest BCUT2D eigenvalue weighted by atomic mass is 16.5. The fraction of sp³-hybridized carbons (Fsp3) is 0.286. The normalized spacial score (nSPS) is 9.70. The molecule has 1 rings (SSSR count). The van der Waals surface area contributed by atoms with Gasteiger partial charge in [-0.15, -0.1) is 0 Å². The SMILES string of the molecule is COC(=O)CC(=O)c1ccc(C(=O)CC(=O)OC)cc1. The van der Waals surface area contributed by atoms with Crippen LogP contribution in [0, 0.1) is 0 Å². The Labute approximate surface area is 115 Å².